The number of hydrogen-bond donors (Lipinski definition) is 1. The lowest BCUT2D eigenvalue weighted by Gasteiger charge is -2.13. The molecule has 0 atom stereocenters. The van der Waals surface area contributed by atoms with E-state index in [0.29, 0.717) is 0 Å². The van der Waals surface area contributed by atoms with E-state index in [-0.39, 0.29) is 41.3 Å². The molecule has 0 radical (unpaired) electrons. The zero-order valence-electron chi connectivity index (χ0n) is 15.7. The van der Waals surface area contributed by atoms with Gasteiger partial charge in [-0.05, 0) is 24.3 Å². The molecule has 2 aliphatic heterocycles. The van der Waals surface area contributed by atoms with Crippen molar-refractivity contribution in [2.24, 2.45) is 0 Å². The van der Waals surface area contributed by atoms with E-state index in [2.05, 4.69) is 14.8 Å². The molecule has 31 heavy (non-hydrogen) atoms. The number of fused-ring (bicyclic) bond motifs is 2. The van der Waals surface area contributed by atoms with Crippen LogP contribution in [0.3, 0.4) is 0 Å². The molecule has 0 spiro atoms. The molecule has 0 aliphatic carbocycles. The summed E-state index contributed by atoms with van der Waals surface area (Å²) >= 11 is 0. The van der Waals surface area contributed by atoms with Gasteiger partial charge in [-0.15, -0.1) is 8.78 Å². The minimum atomic E-state index is -3.78. The lowest BCUT2D eigenvalue weighted by atomic mass is 10.1. The number of nitrogens with one attached hydrogen (secondary N) is 1. The third-order valence-electron chi connectivity index (χ3n) is 4.47. The maximum absolute atomic E-state index is 13.0. The molecule has 4 rings (SSSR count). The minimum absolute atomic E-state index is 0.132. The van der Waals surface area contributed by atoms with Crippen LogP contribution in [0, 0.1) is 0 Å². The molecule has 9 nitrogen and oxygen atoms in total. The molecule has 0 fully saturated rings. The maximum atomic E-state index is 13.0. The number of hydrogen-bond acceptors (Lipinski definition) is 7. The van der Waals surface area contributed by atoms with Gasteiger partial charge in [0.25, 0.3) is 17.7 Å². The van der Waals surface area contributed by atoms with Gasteiger partial charge in [0, 0.05) is 18.3 Å². The summed E-state index contributed by atoms with van der Waals surface area (Å²) in [6.07, 6.45) is -4.07. The summed E-state index contributed by atoms with van der Waals surface area (Å²) in [5.74, 6) is -2.95. The smallest absolute Gasteiger partial charge is 0.456 e. The Balaban J connectivity index is 1.24. The second-order valence-electron chi connectivity index (χ2n) is 6.60. The second kappa shape index (κ2) is 7.67. The number of imide groups is 1. The lowest BCUT2D eigenvalue weighted by molar-refractivity contribution is -0.286. The van der Waals surface area contributed by atoms with Crippen molar-refractivity contribution in [1.29, 1.82) is 0 Å². The number of ether oxygens (including phenoxy) is 3. The van der Waals surface area contributed by atoms with Crippen LogP contribution in [-0.4, -0.2) is 48.0 Å². The predicted octanol–water partition coefficient (Wildman–Crippen LogP) is 2.18. The molecule has 2 aromatic rings. The summed E-state index contributed by atoms with van der Waals surface area (Å²) < 4.78 is 39.4. The number of carbonyl (C=O) groups excluding carboxylic acids is 4. The molecule has 0 aromatic heterocycles. The first-order valence-corrected chi connectivity index (χ1v) is 9.04. The van der Waals surface area contributed by atoms with Crippen LogP contribution in [0.4, 0.5) is 14.5 Å². The fourth-order valence-electron chi connectivity index (χ4n) is 3.09. The molecule has 0 bridgehead atoms. The Hall–Kier alpha value is -4.02. The number of halogens is 2. The number of benzene rings is 2. The Labute approximate surface area is 173 Å². The third kappa shape index (κ3) is 4.15. The molecule has 1 N–H and O–H groups in total. The van der Waals surface area contributed by atoms with E-state index in [1.807, 2.05) is 0 Å². The zero-order valence-corrected chi connectivity index (χ0v) is 15.7. The second-order valence-corrected chi connectivity index (χ2v) is 6.60. The van der Waals surface area contributed by atoms with E-state index in [4.69, 9.17) is 4.74 Å². The van der Waals surface area contributed by atoms with Crippen molar-refractivity contribution in [2.45, 2.75) is 12.7 Å². The standard InChI is InChI=1S/C20H14F2N2O7/c21-20(22)30-14-6-5-11(9-15(14)31-20)23-16(25)10-29-17(26)7-8-24-18(27)12-3-1-2-4-13(12)19(24)28/h1-6,9H,7-8,10H2,(H,23,25). The van der Waals surface area contributed by atoms with Gasteiger partial charge in [0.1, 0.15) is 0 Å². The van der Waals surface area contributed by atoms with E-state index in [1.165, 1.54) is 24.3 Å². The monoisotopic (exact) mass is 432 g/mol. The highest BCUT2D eigenvalue weighted by molar-refractivity contribution is 6.21. The van der Waals surface area contributed by atoms with Crippen LogP contribution in [-0.2, 0) is 14.3 Å². The van der Waals surface area contributed by atoms with Crippen LogP contribution in [0.2, 0.25) is 0 Å². The largest absolute Gasteiger partial charge is 0.586 e. The van der Waals surface area contributed by atoms with E-state index in [9.17, 15) is 28.0 Å². The van der Waals surface area contributed by atoms with E-state index < -0.39 is 36.6 Å². The number of amides is 3. The first kappa shape index (κ1) is 20.3. The predicted molar refractivity (Wildman–Crippen MR) is 98.7 cm³/mol. The van der Waals surface area contributed by atoms with Gasteiger partial charge in [-0.3, -0.25) is 24.1 Å². The molecular weight excluding hydrogens is 418 g/mol. The highest BCUT2D eigenvalue weighted by Gasteiger charge is 2.43. The maximum Gasteiger partial charge on any atom is 0.586 e. The first-order chi connectivity index (χ1) is 14.7. The van der Waals surface area contributed by atoms with Crippen LogP contribution >= 0.6 is 0 Å². The lowest BCUT2D eigenvalue weighted by Crippen LogP contribution is -2.32. The SMILES string of the molecule is O=C(COC(=O)CCN1C(=O)c2ccccc2C1=O)Nc1ccc2c(c1)OC(F)(F)O2. The Morgan fingerprint density at radius 3 is 2.32 bits per heavy atom. The first-order valence-electron chi connectivity index (χ1n) is 9.04. The van der Waals surface area contributed by atoms with Crippen LogP contribution in [0.25, 0.3) is 0 Å². The summed E-state index contributed by atoms with van der Waals surface area (Å²) in [5.41, 5.74) is 0.663. The number of carbonyl (C=O) groups is 4. The average molecular weight is 432 g/mol. The van der Waals surface area contributed by atoms with Crippen LogP contribution in [0.1, 0.15) is 27.1 Å². The molecule has 3 amide bonds. The Kier molecular flexibility index (Phi) is 5.01. The van der Waals surface area contributed by atoms with Gasteiger partial charge in [-0.25, -0.2) is 0 Å². The summed E-state index contributed by atoms with van der Waals surface area (Å²) in [5, 5.41) is 2.36. The fraction of sp³-hybridized carbons (Fsp3) is 0.200. The topological polar surface area (TPSA) is 111 Å². The van der Waals surface area contributed by atoms with Crippen molar-refractivity contribution < 1.29 is 42.2 Å². The molecule has 0 saturated heterocycles. The van der Waals surface area contributed by atoms with Crippen molar-refractivity contribution in [3.05, 3.63) is 53.6 Å². The highest BCUT2D eigenvalue weighted by Crippen LogP contribution is 2.42. The summed E-state index contributed by atoms with van der Waals surface area (Å²) in [4.78, 5) is 49.2. The summed E-state index contributed by atoms with van der Waals surface area (Å²) in [7, 11) is 0. The molecule has 2 heterocycles. The van der Waals surface area contributed by atoms with Gasteiger partial charge in [0.15, 0.2) is 18.1 Å². The van der Waals surface area contributed by atoms with Gasteiger partial charge in [0.2, 0.25) is 0 Å². The molecule has 0 saturated carbocycles. The number of alkyl halides is 2. The van der Waals surface area contributed by atoms with E-state index in [1.54, 1.807) is 12.1 Å². The van der Waals surface area contributed by atoms with Gasteiger partial charge >= 0.3 is 12.3 Å². The zero-order chi connectivity index (χ0) is 22.2. The minimum Gasteiger partial charge on any atom is -0.456 e. The van der Waals surface area contributed by atoms with Crippen LogP contribution in [0.5, 0.6) is 11.5 Å². The molecule has 11 heteroatoms. The molecule has 2 aliphatic rings. The molecule has 0 unspecified atom stereocenters. The summed E-state index contributed by atoms with van der Waals surface area (Å²) in [6, 6.07) is 9.95. The van der Waals surface area contributed by atoms with E-state index >= 15 is 0 Å². The average Bonchev–Trinajstić information content (AvgIpc) is 3.17. The van der Waals surface area contributed by atoms with Gasteiger partial charge in [0.05, 0.1) is 17.5 Å². The van der Waals surface area contributed by atoms with Crippen molar-refractivity contribution in [3.8, 4) is 11.5 Å². The Morgan fingerprint density at radius 1 is 1.00 bits per heavy atom. The number of rotatable bonds is 6. The molecule has 2 aromatic carbocycles. The van der Waals surface area contributed by atoms with Gasteiger partial charge in [-0.2, -0.15) is 0 Å². The third-order valence-corrected chi connectivity index (χ3v) is 4.47. The van der Waals surface area contributed by atoms with Crippen molar-refractivity contribution in [2.75, 3.05) is 18.5 Å². The number of nitrogens with zero attached hydrogens (tertiary/aromatic N) is 1. The Bertz CT molecular complexity index is 1070. The van der Waals surface area contributed by atoms with Crippen LogP contribution < -0.4 is 14.8 Å². The Morgan fingerprint density at radius 2 is 1.65 bits per heavy atom. The van der Waals surface area contributed by atoms with Crippen molar-refractivity contribution in [3.63, 3.8) is 0 Å². The van der Waals surface area contributed by atoms with Crippen LogP contribution in [0.15, 0.2) is 42.5 Å². The molecular formula is C20H14F2N2O7. The molecule has 160 valence electrons. The normalized spacial score (nSPS) is 15.6. The van der Waals surface area contributed by atoms with Crippen molar-refractivity contribution >= 4 is 29.4 Å². The summed E-state index contributed by atoms with van der Waals surface area (Å²) in [6.45, 7) is -0.839. The quantitative estimate of drug-likeness (QED) is 0.550. The van der Waals surface area contributed by atoms with Crippen molar-refractivity contribution in [1.82, 2.24) is 4.90 Å². The van der Waals surface area contributed by atoms with E-state index in [0.717, 1.165) is 11.0 Å². The fourth-order valence-corrected chi connectivity index (χ4v) is 3.09. The highest BCUT2D eigenvalue weighted by atomic mass is 19.3. The number of anilines is 1. The number of esters is 1. The van der Waals surface area contributed by atoms with Gasteiger partial charge < -0.3 is 19.5 Å². The van der Waals surface area contributed by atoms with Gasteiger partial charge in [-0.1, -0.05) is 12.1 Å².